The van der Waals surface area contributed by atoms with Crippen LogP contribution in [0.2, 0.25) is 0 Å². The summed E-state index contributed by atoms with van der Waals surface area (Å²) in [5.74, 6) is 0.862. The lowest BCUT2D eigenvalue weighted by molar-refractivity contribution is 0.239. The minimum Gasteiger partial charge on any atom is -0.494 e. The number of carbonyl (C=O) groups is 1. The first kappa shape index (κ1) is 15.1. The topological polar surface area (TPSA) is 56.1 Å². The molecule has 0 unspecified atom stereocenters. The van der Waals surface area contributed by atoms with Crippen LogP contribution in [-0.4, -0.2) is 22.4 Å². The summed E-state index contributed by atoms with van der Waals surface area (Å²) in [6.07, 6.45) is 5.53. The first-order chi connectivity index (χ1) is 10.2. The van der Waals surface area contributed by atoms with Gasteiger partial charge in [0.2, 0.25) is 0 Å². The van der Waals surface area contributed by atoms with Gasteiger partial charge < -0.3 is 10.1 Å². The molecule has 0 aliphatic rings. The van der Waals surface area contributed by atoms with Gasteiger partial charge >= 0.3 is 6.03 Å². The predicted octanol–water partition coefficient (Wildman–Crippen LogP) is 3.13. The van der Waals surface area contributed by atoms with E-state index < -0.39 is 0 Å². The van der Waals surface area contributed by atoms with Crippen molar-refractivity contribution in [2.75, 3.05) is 6.61 Å². The quantitative estimate of drug-likeness (QED) is 0.830. The Kier molecular flexibility index (Phi) is 5.37. The van der Waals surface area contributed by atoms with Gasteiger partial charge in [-0.25, -0.2) is 4.79 Å². The summed E-state index contributed by atoms with van der Waals surface area (Å²) < 4.78 is 6.90. The van der Waals surface area contributed by atoms with Gasteiger partial charge in [-0.15, -0.1) is 0 Å². The number of unbranched alkanes of at least 4 members (excludes halogenated alkanes) is 1. The molecule has 112 valence electrons. The van der Waals surface area contributed by atoms with Crippen molar-refractivity contribution in [3.05, 3.63) is 47.8 Å². The molecule has 5 heteroatoms. The van der Waals surface area contributed by atoms with Crippen molar-refractivity contribution in [1.29, 1.82) is 0 Å². The van der Waals surface area contributed by atoms with E-state index in [0.29, 0.717) is 6.54 Å². The SMILES string of the molecule is CCCCOc1ccc(CNC(=O)n2cc(C)cn2)cc1. The van der Waals surface area contributed by atoms with E-state index in [2.05, 4.69) is 17.3 Å². The number of carbonyl (C=O) groups excluding carboxylic acids is 1. The van der Waals surface area contributed by atoms with Gasteiger partial charge in [0, 0.05) is 12.7 Å². The molecule has 0 aliphatic carbocycles. The lowest BCUT2D eigenvalue weighted by Crippen LogP contribution is -2.28. The highest BCUT2D eigenvalue weighted by Crippen LogP contribution is 2.12. The largest absolute Gasteiger partial charge is 0.494 e. The molecule has 0 fully saturated rings. The molecule has 1 amide bonds. The maximum Gasteiger partial charge on any atom is 0.342 e. The standard InChI is InChI=1S/C16H21N3O2/c1-3-4-9-21-15-7-5-14(6-8-15)11-17-16(20)19-12-13(2)10-18-19/h5-8,10,12H,3-4,9,11H2,1-2H3,(H,17,20). The van der Waals surface area contributed by atoms with Gasteiger partial charge in [0.25, 0.3) is 0 Å². The molecule has 1 N–H and O–H groups in total. The number of nitrogens with zero attached hydrogens (tertiary/aromatic N) is 2. The Morgan fingerprint density at radius 3 is 2.71 bits per heavy atom. The molecule has 1 heterocycles. The van der Waals surface area contributed by atoms with Crippen LogP contribution in [0, 0.1) is 6.92 Å². The zero-order chi connectivity index (χ0) is 15.1. The van der Waals surface area contributed by atoms with Gasteiger partial charge in [-0.1, -0.05) is 25.5 Å². The molecule has 0 aliphatic heterocycles. The number of hydrogen-bond donors (Lipinski definition) is 1. The van der Waals surface area contributed by atoms with Crippen molar-refractivity contribution in [3.8, 4) is 5.75 Å². The second kappa shape index (κ2) is 7.47. The van der Waals surface area contributed by atoms with Crippen molar-refractivity contribution in [2.45, 2.75) is 33.2 Å². The van der Waals surface area contributed by atoms with Crippen LogP contribution in [0.25, 0.3) is 0 Å². The van der Waals surface area contributed by atoms with Crippen molar-refractivity contribution < 1.29 is 9.53 Å². The van der Waals surface area contributed by atoms with Crippen molar-refractivity contribution >= 4 is 6.03 Å². The van der Waals surface area contributed by atoms with Gasteiger partial charge in [0.1, 0.15) is 5.75 Å². The highest BCUT2D eigenvalue weighted by molar-refractivity contribution is 5.75. The van der Waals surface area contributed by atoms with Gasteiger partial charge in [0.05, 0.1) is 12.8 Å². The summed E-state index contributed by atoms with van der Waals surface area (Å²) in [5.41, 5.74) is 1.98. The van der Waals surface area contributed by atoms with Crippen molar-refractivity contribution in [1.82, 2.24) is 15.1 Å². The zero-order valence-corrected chi connectivity index (χ0v) is 12.5. The number of rotatable bonds is 6. The van der Waals surface area contributed by atoms with Crippen LogP contribution in [0.4, 0.5) is 4.79 Å². The fraction of sp³-hybridized carbons (Fsp3) is 0.375. The Morgan fingerprint density at radius 1 is 1.33 bits per heavy atom. The van der Waals surface area contributed by atoms with Crippen LogP contribution in [0.15, 0.2) is 36.7 Å². The molecule has 0 saturated heterocycles. The Labute approximate surface area is 124 Å². The van der Waals surface area contributed by atoms with E-state index >= 15 is 0 Å². The first-order valence-corrected chi connectivity index (χ1v) is 7.20. The van der Waals surface area contributed by atoms with Crippen LogP contribution in [0.3, 0.4) is 0 Å². The normalized spacial score (nSPS) is 10.4. The van der Waals surface area contributed by atoms with Crippen molar-refractivity contribution in [3.63, 3.8) is 0 Å². The molecule has 2 rings (SSSR count). The van der Waals surface area contributed by atoms with Gasteiger partial charge in [-0.2, -0.15) is 9.78 Å². The molecule has 1 aromatic carbocycles. The van der Waals surface area contributed by atoms with Crippen LogP contribution in [-0.2, 0) is 6.54 Å². The van der Waals surface area contributed by atoms with Crippen LogP contribution in [0.5, 0.6) is 5.75 Å². The Bertz CT molecular complexity index is 575. The number of amides is 1. The molecular weight excluding hydrogens is 266 g/mol. The fourth-order valence-electron chi connectivity index (χ4n) is 1.82. The van der Waals surface area contributed by atoms with E-state index in [1.165, 1.54) is 4.68 Å². The Morgan fingerprint density at radius 2 is 2.10 bits per heavy atom. The third-order valence-electron chi connectivity index (χ3n) is 3.05. The number of benzene rings is 1. The third kappa shape index (κ3) is 4.63. The highest BCUT2D eigenvalue weighted by Gasteiger charge is 2.05. The van der Waals surface area contributed by atoms with E-state index in [9.17, 15) is 4.79 Å². The minimum atomic E-state index is -0.230. The molecule has 0 radical (unpaired) electrons. The first-order valence-electron chi connectivity index (χ1n) is 7.20. The lowest BCUT2D eigenvalue weighted by Gasteiger charge is -2.07. The average Bonchev–Trinajstić information content (AvgIpc) is 2.93. The highest BCUT2D eigenvalue weighted by atomic mass is 16.5. The van der Waals surface area contributed by atoms with E-state index in [1.54, 1.807) is 12.4 Å². The van der Waals surface area contributed by atoms with Gasteiger partial charge in [0.15, 0.2) is 0 Å². The molecule has 21 heavy (non-hydrogen) atoms. The second-order valence-electron chi connectivity index (χ2n) is 4.97. The lowest BCUT2D eigenvalue weighted by atomic mass is 10.2. The van der Waals surface area contributed by atoms with Gasteiger partial charge in [-0.3, -0.25) is 0 Å². The van der Waals surface area contributed by atoms with Crippen molar-refractivity contribution in [2.24, 2.45) is 0 Å². The molecular formula is C16H21N3O2. The average molecular weight is 287 g/mol. The fourth-order valence-corrected chi connectivity index (χ4v) is 1.82. The predicted molar refractivity (Wildman–Crippen MR) is 81.4 cm³/mol. The molecule has 0 atom stereocenters. The number of nitrogens with one attached hydrogen (secondary N) is 1. The molecule has 1 aromatic heterocycles. The summed E-state index contributed by atoms with van der Waals surface area (Å²) in [7, 11) is 0. The zero-order valence-electron chi connectivity index (χ0n) is 12.5. The number of hydrogen-bond acceptors (Lipinski definition) is 3. The summed E-state index contributed by atoms with van der Waals surface area (Å²) in [5, 5.41) is 6.79. The number of ether oxygens (including phenoxy) is 1. The van der Waals surface area contributed by atoms with E-state index in [0.717, 1.165) is 36.3 Å². The smallest absolute Gasteiger partial charge is 0.342 e. The third-order valence-corrected chi connectivity index (χ3v) is 3.05. The number of aromatic nitrogens is 2. The summed E-state index contributed by atoms with van der Waals surface area (Å²) in [4.78, 5) is 11.8. The summed E-state index contributed by atoms with van der Waals surface area (Å²) in [6.45, 7) is 5.24. The minimum absolute atomic E-state index is 0.230. The number of aryl methyl sites for hydroxylation is 1. The molecule has 5 nitrogen and oxygen atoms in total. The monoisotopic (exact) mass is 287 g/mol. The summed E-state index contributed by atoms with van der Waals surface area (Å²) in [6, 6.07) is 7.53. The van der Waals surface area contributed by atoms with E-state index in [-0.39, 0.29) is 6.03 Å². The maximum absolute atomic E-state index is 11.8. The molecule has 0 spiro atoms. The molecule has 0 saturated carbocycles. The van der Waals surface area contributed by atoms with Crippen LogP contribution in [0.1, 0.15) is 30.9 Å². The Hall–Kier alpha value is -2.30. The van der Waals surface area contributed by atoms with E-state index in [1.807, 2.05) is 31.2 Å². The van der Waals surface area contributed by atoms with E-state index in [4.69, 9.17) is 4.74 Å². The maximum atomic E-state index is 11.8. The van der Waals surface area contributed by atoms with Gasteiger partial charge in [-0.05, 0) is 36.6 Å². The molecule has 2 aromatic rings. The molecule has 0 bridgehead atoms. The van der Waals surface area contributed by atoms with Crippen LogP contribution >= 0.6 is 0 Å². The second-order valence-corrected chi connectivity index (χ2v) is 4.97. The van der Waals surface area contributed by atoms with Crippen LogP contribution < -0.4 is 10.1 Å². The Balaban J connectivity index is 1.82. The summed E-state index contributed by atoms with van der Waals surface area (Å²) >= 11 is 0.